The van der Waals surface area contributed by atoms with Crippen molar-refractivity contribution in [1.29, 1.82) is 0 Å². The van der Waals surface area contributed by atoms with Crippen LogP contribution in [-0.2, 0) is 16.0 Å². The molecule has 1 aromatic rings. The lowest BCUT2D eigenvalue weighted by molar-refractivity contribution is -0.140. The number of ether oxygens (including phenoxy) is 1. The van der Waals surface area contributed by atoms with E-state index < -0.39 is 0 Å². The highest BCUT2D eigenvalue weighted by Gasteiger charge is 2.04. The van der Waals surface area contributed by atoms with Gasteiger partial charge in [-0.15, -0.1) is 11.8 Å². The van der Waals surface area contributed by atoms with E-state index in [1.807, 2.05) is 7.05 Å². The molecule has 0 N–H and O–H groups in total. The van der Waals surface area contributed by atoms with Crippen LogP contribution in [0.3, 0.4) is 0 Å². The van der Waals surface area contributed by atoms with Crippen LogP contribution in [0, 0.1) is 0 Å². The van der Waals surface area contributed by atoms with Gasteiger partial charge < -0.3 is 9.64 Å². The highest BCUT2D eigenvalue weighted by molar-refractivity contribution is 7.98. The Labute approximate surface area is 114 Å². The van der Waals surface area contributed by atoms with Gasteiger partial charge in [0, 0.05) is 18.0 Å². The first-order valence-electron chi connectivity index (χ1n) is 6.04. The maximum absolute atomic E-state index is 11.0. The van der Waals surface area contributed by atoms with Gasteiger partial charge in [0.15, 0.2) is 0 Å². The molecule has 0 saturated carbocycles. The third kappa shape index (κ3) is 5.56. The average Bonchev–Trinajstić information content (AvgIpc) is 2.42. The smallest absolute Gasteiger partial charge is 0.306 e. The molecule has 0 fully saturated rings. The summed E-state index contributed by atoms with van der Waals surface area (Å²) in [7, 11) is 3.45. The molecule has 0 bridgehead atoms. The molecule has 0 atom stereocenters. The molecular weight excluding hydrogens is 246 g/mol. The largest absolute Gasteiger partial charge is 0.469 e. The molecular formula is C14H21NO2S. The Morgan fingerprint density at radius 3 is 2.50 bits per heavy atom. The lowest BCUT2D eigenvalue weighted by Crippen LogP contribution is -2.24. The predicted molar refractivity (Wildman–Crippen MR) is 76.1 cm³/mol. The van der Waals surface area contributed by atoms with Gasteiger partial charge in [-0.2, -0.15) is 0 Å². The Hall–Kier alpha value is -1.00. The lowest BCUT2D eigenvalue weighted by atomic mass is 10.1. The molecule has 100 valence electrons. The van der Waals surface area contributed by atoms with E-state index in [4.69, 9.17) is 0 Å². The van der Waals surface area contributed by atoms with Crippen LogP contribution in [0.4, 0.5) is 0 Å². The summed E-state index contributed by atoms with van der Waals surface area (Å²) in [4.78, 5) is 14.5. The maximum atomic E-state index is 11.0. The fourth-order valence-corrected chi connectivity index (χ4v) is 2.02. The molecule has 0 spiro atoms. The number of hydrogen-bond donors (Lipinski definition) is 0. The highest BCUT2D eigenvalue weighted by atomic mass is 32.2. The van der Waals surface area contributed by atoms with E-state index in [0.29, 0.717) is 6.42 Å². The number of carbonyl (C=O) groups is 1. The molecule has 0 aliphatic heterocycles. The van der Waals surface area contributed by atoms with Crippen LogP contribution in [0.15, 0.2) is 29.2 Å². The number of hydrogen-bond acceptors (Lipinski definition) is 4. The van der Waals surface area contributed by atoms with Gasteiger partial charge >= 0.3 is 5.97 Å². The summed E-state index contributed by atoms with van der Waals surface area (Å²) >= 11 is 1.75. The van der Waals surface area contributed by atoms with Gasteiger partial charge in [-0.1, -0.05) is 12.1 Å². The van der Waals surface area contributed by atoms with Crippen LogP contribution in [0.5, 0.6) is 0 Å². The average molecular weight is 267 g/mol. The van der Waals surface area contributed by atoms with Crippen molar-refractivity contribution >= 4 is 17.7 Å². The fourth-order valence-electron chi connectivity index (χ4n) is 1.61. The fraction of sp³-hybridized carbons (Fsp3) is 0.500. The Balaban J connectivity index is 2.28. The normalized spacial score (nSPS) is 10.7. The van der Waals surface area contributed by atoms with Crippen molar-refractivity contribution in [3.63, 3.8) is 0 Å². The minimum Gasteiger partial charge on any atom is -0.469 e. The van der Waals surface area contributed by atoms with E-state index in [2.05, 4.69) is 40.2 Å². The van der Waals surface area contributed by atoms with Gasteiger partial charge in [0.05, 0.1) is 13.5 Å². The van der Waals surface area contributed by atoms with Gasteiger partial charge in [-0.05, 0) is 37.4 Å². The molecule has 18 heavy (non-hydrogen) atoms. The standard InChI is InChI=1S/C14H21NO2S/c1-15(11-9-14(16)17-2)10-8-12-4-6-13(18-3)7-5-12/h4-7H,8-11H2,1-3H3. The summed E-state index contributed by atoms with van der Waals surface area (Å²) in [5.41, 5.74) is 1.33. The quantitative estimate of drug-likeness (QED) is 0.560. The van der Waals surface area contributed by atoms with E-state index >= 15 is 0 Å². The molecule has 4 heteroatoms. The number of carbonyl (C=O) groups excluding carboxylic acids is 1. The van der Waals surface area contributed by atoms with Crippen LogP contribution in [0.2, 0.25) is 0 Å². The van der Waals surface area contributed by atoms with Gasteiger partial charge in [0.1, 0.15) is 0 Å². The van der Waals surface area contributed by atoms with Crippen LogP contribution in [0.1, 0.15) is 12.0 Å². The zero-order chi connectivity index (χ0) is 13.4. The van der Waals surface area contributed by atoms with Crippen LogP contribution >= 0.6 is 11.8 Å². The van der Waals surface area contributed by atoms with Crippen molar-refractivity contribution < 1.29 is 9.53 Å². The van der Waals surface area contributed by atoms with Crippen molar-refractivity contribution in [2.24, 2.45) is 0 Å². The summed E-state index contributed by atoms with van der Waals surface area (Å²) in [5, 5.41) is 0. The second-order valence-corrected chi connectivity index (χ2v) is 5.11. The number of methoxy groups -OCH3 is 1. The summed E-state index contributed by atoms with van der Waals surface area (Å²) in [5.74, 6) is -0.147. The van der Waals surface area contributed by atoms with Gasteiger partial charge in [0.25, 0.3) is 0 Å². The van der Waals surface area contributed by atoms with E-state index in [9.17, 15) is 4.79 Å². The number of benzene rings is 1. The first-order valence-corrected chi connectivity index (χ1v) is 7.26. The number of rotatable bonds is 7. The van der Waals surface area contributed by atoms with E-state index in [0.717, 1.165) is 19.5 Å². The summed E-state index contributed by atoms with van der Waals surface area (Å²) in [6, 6.07) is 8.63. The Kier molecular flexibility index (Phi) is 6.83. The molecule has 0 aliphatic rings. The van der Waals surface area contributed by atoms with Gasteiger partial charge in [0.2, 0.25) is 0 Å². The van der Waals surface area contributed by atoms with Crippen LogP contribution in [0.25, 0.3) is 0 Å². The van der Waals surface area contributed by atoms with Crippen molar-refractivity contribution in [3.8, 4) is 0 Å². The van der Waals surface area contributed by atoms with Crippen LogP contribution < -0.4 is 0 Å². The Morgan fingerprint density at radius 1 is 1.28 bits per heavy atom. The topological polar surface area (TPSA) is 29.5 Å². The minimum atomic E-state index is -0.147. The maximum Gasteiger partial charge on any atom is 0.306 e. The third-order valence-corrected chi connectivity index (χ3v) is 3.61. The number of thioether (sulfide) groups is 1. The molecule has 0 amide bonds. The molecule has 0 saturated heterocycles. The molecule has 0 heterocycles. The SMILES string of the molecule is COC(=O)CCN(C)CCc1ccc(SC)cc1. The molecule has 0 unspecified atom stereocenters. The van der Waals surface area contributed by atoms with Crippen LogP contribution in [-0.4, -0.2) is 44.4 Å². The second kappa shape index (κ2) is 8.16. The lowest BCUT2D eigenvalue weighted by Gasteiger charge is -2.15. The zero-order valence-corrected chi connectivity index (χ0v) is 12.1. The summed E-state index contributed by atoms with van der Waals surface area (Å²) in [6.45, 7) is 1.70. The second-order valence-electron chi connectivity index (χ2n) is 4.23. The molecule has 0 aliphatic carbocycles. The monoisotopic (exact) mass is 267 g/mol. The Morgan fingerprint density at radius 2 is 1.94 bits per heavy atom. The van der Waals surface area contributed by atoms with E-state index in [1.54, 1.807) is 11.8 Å². The predicted octanol–water partition coefficient (Wildman–Crippen LogP) is 2.45. The minimum absolute atomic E-state index is 0.147. The number of nitrogens with zero attached hydrogens (tertiary/aromatic N) is 1. The van der Waals surface area contributed by atoms with E-state index in [-0.39, 0.29) is 5.97 Å². The zero-order valence-electron chi connectivity index (χ0n) is 11.3. The van der Waals surface area contributed by atoms with Crippen molar-refractivity contribution in [2.75, 3.05) is 33.5 Å². The summed E-state index contributed by atoms with van der Waals surface area (Å²) < 4.78 is 4.62. The number of likely N-dealkylation sites (N-methyl/N-ethyl adjacent to an activating group) is 1. The first kappa shape index (κ1) is 15.1. The van der Waals surface area contributed by atoms with Gasteiger partial charge in [-0.3, -0.25) is 4.79 Å². The van der Waals surface area contributed by atoms with Crippen molar-refractivity contribution in [3.05, 3.63) is 29.8 Å². The molecule has 0 aromatic heterocycles. The van der Waals surface area contributed by atoms with Crippen molar-refractivity contribution in [1.82, 2.24) is 4.90 Å². The molecule has 3 nitrogen and oxygen atoms in total. The third-order valence-electron chi connectivity index (χ3n) is 2.87. The van der Waals surface area contributed by atoms with Crippen molar-refractivity contribution in [2.45, 2.75) is 17.7 Å². The van der Waals surface area contributed by atoms with Gasteiger partial charge in [-0.25, -0.2) is 0 Å². The molecule has 0 radical (unpaired) electrons. The summed E-state index contributed by atoms with van der Waals surface area (Å²) in [6.07, 6.45) is 3.54. The number of esters is 1. The Bertz CT molecular complexity index is 365. The highest BCUT2D eigenvalue weighted by Crippen LogP contribution is 2.15. The first-order chi connectivity index (χ1) is 8.65. The molecule has 1 rings (SSSR count). The molecule has 1 aromatic carbocycles. The van der Waals surface area contributed by atoms with E-state index in [1.165, 1.54) is 17.6 Å².